The fourth-order valence-electron chi connectivity index (χ4n) is 2.08. The average molecular weight is 327 g/mol. The fraction of sp³-hybridized carbons (Fsp3) is 0.263. The lowest BCUT2D eigenvalue weighted by atomic mass is 10.1. The van der Waals surface area contributed by atoms with E-state index >= 15 is 0 Å². The first kappa shape index (κ1) is 17.3. The number of carbonyl (C=O) groups is 2. The molecule has 0 heterocycles. The Morgan fingerprint density at radius 2 is 1.65 bits per heavy atom. The molecule has 0 unspecified atom stereocenters. The molecule has 0 atom stereocenters. The van der Waals surface area contributed by atoms with Gasteiger partial charge in [0.25, 0.3) is 0 Å². The van der Waals surface area contributed by atoms with Crippen molar-refractivity contribution >= 4 is 23.5 Å². The number of amides is 1. The molecule has 4 heteroatoms. The molecule has 0 saturated heterocycles. The van der Waals surface area contributed by atoms with E-state index in [0.29, 0.717) is 12.1 Å². The maximum atomic E-state index is 12.0. The zero-order valence-corrected chi connectivity index (χ0v) is 14.1. The molecule has 120 valence electrons. The number of hydrogen-bond acceptors (Lipinski definition) is 3. The van der Waals surface area contributed by atoms with E-state index in [1.54, 1.807) is 11.8 Å². The number of aryl methyl sites for hydroxylation is 1. The van der Waals surface area contributed by atoms with Crippen LogP contribution in [0.2, 0.25) is 0 Å². The van der Waals surface area contributed by atoms with Gasteiger partial charge in [-0.1, -0.05) is 48.0 Å². The van der Waals surface area contributed by atoms with Crippen molar-refractivity contribution in [2.45, 2.75) is 24.7 Å². The molecule has 1 amide bonds. The summed E-state index contributed by atoms with van der Waals surface area (Å²) in [5.74, 6) is 0.764. The molecule has 0 saturated carbocycles. The summed E-state index contributed by atoms with van der Waals surface area (Å²) in [6, 6.07) is 17.5. The van der Waals surface area contributed by atoms with Crippen molar-refractivity contribution in [1.29, 1.82) is 0 Å². The molecule has 0 fully saturated rings. The van der Waals surface area contributed by atoms with Gasteiger partial charge in [0.15, 0.2) is 5.78 Å². The standard InChI is InChI=1S/C19H21NO2S/c1-15-7-9-16(10-8-15)18(21)11-12-19(22)20-13-14-23-17-5-3-2-4-6-17/h2-10H,11-14H2,1H3,(H,20,22). The Bertz CT molecular complexity index is 638. The summed E-state index contributed by atoms with van der Waals surface area (Å²) in [7, 11) is 0. The van der Waals surface area contributed by atoms with Crippen LogP contribution in [0.15, 0.2) is 59.5 Å². The molecule has 2 rings (SSSR count). The van der Waals surface area contributed by atoms with Crippen LogP contribution >= 0.6 is 11.8 Å². The Morgan fingerprint density at radius 3 is 2.35 bits per heavy atom. The molecule has 3 nitrogen and oxygen atoms in total. The van der Waals surface area contributed by atoms with E-state index in [4.69, 9.17) is 0 Å². The molecule has 0 bridgehead atoms. The molecule has 0 spiro atoms. The third kappa shape index (κ3) is 6.28. The first-order chi connectivity index (χ1) is 11.1. The van der Waals surface area contributed by atoms with Crippen LogP contribution in [0, 0.1) is 6.92 Å². The van der Waals surface area contributed by atoms with Gasteiger partial charge >= 0.3 is 0 Å². The number of benzene rings is 2. The second-order valence-electron chi connectivity index (χ2n) is 5.30. The van der Waals surface area contributed by atoms with Gasteiger partial charge in [0.2, 0.25) is 5.91 Å². The van der Waals surface area contributed by atoms with E-state index in [1.807, 2.05) is 61.5 Å². The second-order valence-corrected chi connectivity index (χ2v) is 6.47. The highest BCUT2D eigenvalue weighted by molar-refractivity contribution is 7.99. The van der Waals surface area contributed by atoms with Gasteiger partial charge in [-0.2, -0.15) is 0 Å². The van der Waals surface area contributed by atoms with Crippen LogP contribution in [0.5, 0.6) is 0 Å². The van der Waals surface area contributed by atoms with Gasteiger partial charge in [0, 0.05) is 35.6 Å². The van der Waals surface area contributed by atoms with Gasteiger partial charge in [-0.3, -0.25) is 9.59 Å². The second kappa shape index (κ2) is 9.16. The number of thioether (sulfide) groups is 1. The highest BCUT2D eigenvalue weighted by Gasteiger charge is 2.08. The van der Waals surface area contributed by atoms with Crippen LogP contribution in [0.25, 0.3) is 0 Å². The van der Waals surface area contributed by atoms with Crippen molar-refractivity contribution in [3.63, 3.8) is 0 Å². The topological polar surface area (TPSA) is 46.2 Å². The number of carbonyl (C=O) groups excluding carboxylic acids is 2. The summed E-state index contributed by atoms with van der Waals surface area (Å²) in [5, 5.41) is 2.86. The predicted molar refractivity (Wildman–Crippen MR) is 94.9 cm³/mol. The summed E-state index contributed by atoms with van der Waals surface area (Å²) >= 11 is 1.70. The van der Waals surface area contributed by atoms with E-state index in [0.717, 1.165) is 11.3 Å². The van der Waals surface area contributed by atoms with Gasteiger partial charge in [-0.25, -0.2) is 0 Å². The molecular weight excluding hydrogens is 306 g/mol. The minimum Gasteiger partial charge on any atom is -0.355 e. The van der Waals surface area contributed by atoms with Gasteiger partial charge in [0.05, 0.1) is 0 Å². The lowest BCUT2D eigenvalue weighted by molar-refractivity contribution is -0.120. The molecule has 1 N–H and O–H groups in total. The number of nitrogens with one attached hydrogen (secondary N) is 1. The lowest BCUT2D eigenvalue weighted by Gasteiger charge is -2.05. The predicted octanol–water partition coefficient (Wildman–Crippen LogP) is 3.87. The van der Waals surface area contributed by atoms with Gasteiger partial charge in [-0.15, -0.1) is 11.8 Å². The van der Waals surface area contributed by atoms with Crippen molar-refractivity contribution in [2.24, 2.45) is 0 Å². The van der Waals surface area contributed by atoms with E-state index in [-0.39, 0.29) is 24.5 Å². The van der Waals surface area contributed by atoms with Crippen LogP contribution in [0.3, 0.4) is 0 Å². The summed E-state index contributed by atoms with van der Waals surface area (Å²) < 4.78 is 0. The van der Waals surface area contributed by atoms with Gasteiger partial charge in [-0.05, 0) is 19.1 Å². The molecule has 2 aromatic rings. The van der Waals surface area contributed by atoms with Crippen molar-refractivity contribution in [2.75, 3.05) is 12.3 Å². The third-order valence-electron chi connectivity index (χ3n) is 3.39. The van der Waals surface area contributed by atoms with Crippen molar-refractivity contribution in [3.8, 4) is 0 Å². The Hall–Kier alpha value is -2.07. The highest BCUT2D eigenvalue weighted by atomic mass is 32.2. The quantitative estimate of drug-likeness (QED) is 0.455. The van der Waals surface area contributed by atoms with E-state index in [2.05, 4.69) is 5.32 Å². The lowest BCUT2D eigenvalue weighted by Crippen LogP contribution is -2.26. The maximum Gasteiger partial charge on any atom is 0.220 e. The largest absolute Gasteiger partial charge is 0.355 e. The van der Waals surface area contributed by atoms with Crippen LogP contribution in [0.4, 0.5) is 0 Å². The van der Waals surface area contributed by atoms with Crippen LogP contribution < -0.4 is 5.32 Å². The van der Waals surface area contributed by atoms with Crippen LogP contribution in [-0.4, -0.2) is 24.0 Å². The van der Waals surface area contributed by atoms with E-state index in [9.17, 15) is 9.59 Å². The smallest absolute Gasteiger partial charge is 0.220 e. The number of rotatable bonds is 8. The number of ketones is 1. The first-order valence-electron chi connectivity index (χ1n) is 7.69. The molecule has 0 aliphatic rings. The van der Waals surface area contributed by atoms with Gasteiger partial charge in [0.1, 0.15) is 0 Å². The van der Waals surface area contributed by atoms with Crippen LogP contribution in [-0.2, 0) is 4.79 Å². The SMILES string of the molecule is Cc1ccc(C(=O)CCC(=O)NCCSc2ccccc2)cc1. The van der Waals surface area contributed by atoms with Gasteiger partial charge < -0.3 is 5.32 Å². The van der Waals surface area contributed by atoms with Crippen molar-refractivity contribution < 1.29 is 9.59 Å². The maximum absolute atomic E-state index is 12.0. The van der Waals surface area contributed by atoms with Crippen molar-refractivity contribution in [3.05, 3.63) is 65.7 Å². The number of hydrogen-bond donors (Lipinski definition) is 1. The Labute approximate surface area is 141 Å². The minimum absolute atomic E-state index is 0.0128. The average Bonchev–Trinajstić information content (AvgIpc) is 2.58. The molecule has 2 aromatic carbocycles. The van der Waals surface area contributed by atoms with E-state index < -0.39 is 0 Å². The monoisotopic (exact) mass is 327 g/mol. The third-order valence-corrected chi connectivity index (χ3v) is 4.40. The first-order valence-corrected chi connectivity index (χ1v) is 8.68. The molecule has 0 aliphatic carbocycles. The number of Topliss-reactive ketones (excluding diaryl/α,β-unsaturated/α-hetero) is 1. The summed E-state index contributed by atoms with van der Waals surface area (Å²) in [5.41, 5.74) is 1.79. The Balaban J connectivity index is 1.63. The molecule has 0 radical (unpaired) electrons. The van der Waals surface area contributed by atoms with E-state index in [1.165, 1.54) is 4.90 Å². The molecule has 23 heavy (non-hydrogen) atoms. The Kier molecular flexibility index (Phi) is 6.88. The molecular formula is C19H21NO2S. The summed E-state index contributed by atoms with van der Waals surface area (Å²) in [4.78, 5) is 25.0. The minimum atomic E-state index is -0.0703. The van der Waals surface area contributed by atoms with Crippen molar-refractivity contribution in [1.82, 2.24) is 5.32 Å². The van der Waals surface area contributed by atoms with Crippen LogP contribution in [0.1, 0.15) is 28.8 Å². The summed E-state index contributed by atoms with van der Waals surface area (Å²) in [6.07, 6.45) is 0.490. The Morgan fingerprint density at radius 1 is 0.957 bits per heavy atom. The highest BCUT2D eigenvalue weighted by Crippen LogP contribution is 2.15. The summed E-state index contributed by atoms with van der Waals surface area (Å²) in [6.45, 7) is 2.59. The zero-order valence-electron chi connectivity index (χ0n) is 13.2. The fourth-order valence-corrected chi connectivity index (χ4v) is 2.86. The normalized spacial score (nSPS) is 10.3. The molecule has 0 aliphatic heterocycles. The zero-order chi connectivity index (χ0) is 16.5. The molecule has 0 aromatic heterocycles.